The number of halogens is 6. The number of carboxylic acids is 1. The molecular weight excluding hydrogens is 569 g/mol. The number of nitrogens with zero attached hydrogens (tertiary/aromatic N) is 2. The molecule has 1 heterocycles. The largest absolute Gasteiger partial charge is 0.478 e. The molecule has 12 heteroatoms. The number of benzene rings is 3. The van der Waals surface area contributed by atoms with Crippen molar-refractivity contribution in [1.82, 2.24) is 9.55 Å². The average molecular weight is 592 g/mol. The third-order valence-electron chi connectivity index (χ3n) is 7.31. The summed E-state index contributed by atoms with van der Waals surface area (Å²) in [5.74, 6) is -4.88. The van der Waals surface area contributed by atoms with Gasteiger partial charge in [0.15, 0.2) is 11.6 Å². The van der Waals surface area contributed by atoms with Crippen LogP contribution in [0.2, 0.25) is 5.02 Å². The molecule has 1 fully saturated rings. The summed E-state index contributed by atoms with van der Waals surface area (Å²) in [6.07, 6.45) is -1.40. The van der Waals surface area contributed by atoms with Crippen LogP contribution in [0.25, 0.3) is 22.4 Å². The highest BCUT2D eigenvalue weighted by Gasteiger charge is 2.38. The number of aromatic carboxylic acids is 1. The normalized spacial score (nSPS) is 15.2. The molecule has 5 rings (SSSR count). The molecule has 4 aromatic rings. The van der Waals surface area contributed by atoms with Crippen molar-refractivity contribution in [2.45, 2.75) is 44.3 Å². The second-order valence-corrected chi connectivity index (χ2v) is 10.4. The van der Waals surface area contributed by atoms with Crippen molar-refractivity contribution < 1.29 is 36.6 Å². The monoisotopic (exact) mass is 591 g/mol. The van der Waals surface area contributed by atoms with E-state index in [1.165, 1.54) is 4.57 Å². The number of hydrogen-bond donors (Lipinski definition) is 2. The Kier molecular flexibility index (Phi) is 7.74. The van der Waals surface area contributed by atoms with E-state index in [2.05, 4.69) is 10.3 Å². The van der Waals surface area contributed by atoms with E-state index in [4.69, 9.17) is 11.6 Å². The molecule has 1 saturated carbocycles. The van der Waals surface area contributed by atoms with Gasteiger partial charge in [-0.15, -0.1) is 0 Å². The molecule has 2 N–H and O–H groups in total. The first-order chi connectivity index (χ1) is 19.4. The second kappa shape index (κ2) is 11.1. The molecule has 1 amide bonds. The van der Waals surface area contributed by atoms with E-state index < -0.39 is 52.5 Å². The van der Waals surface area contributed by atoms with Gasteiger partial charge in [0.1, 0.15) is 11.9 Å². The molecular formula is C29H23ClF5N3O3. The summed E-state index contributed by atoms with van der Waals surface area (Å²) in [6.45, 7) is 0. The first-order valence-corrected chi connectivity index (χ1v) is 13.2. The lowest BCUT2D eigenvalue weighted by Crippen LogP contribution is -2.34. The topological polar surface area (TPSA) is 84.2 Å². The van der Waals surface area contributed by atoms with Crippen LogP contribution in [-0.2, 0) is 11.0 Å². The Morgan fingerprint density at radius 3 is 2.27 bits per heavy atom. The van der Waals surface area contributed by atoms with Gasteiger partial charge in [-0.3, -0.25) is 4.79 Å². The maximum Gasteiger partial charge on any atom is 0.418 e. The zero-order valence-corrected chi connectivity index (χ0v) is 22.1. The molecule has 1 aliphatic carbocycles. The molecule has 214 valence electrons. The van der Waals surface area contributed by atoms with Crippen molar-refractivity contribution in [3.63, 3.8) is 0 Å². The minimum absolute atomic E-state index is 0.0595. The highest BCUT2D eigenvalue weighted by atomic mass is 35.5. The third-order valence-corrected chi connectivity index (χ3v) is 7.56. The fourth-order valence-electron chi connectivity index (χ4n) is 5.39. The van der Waals surface area contributed by atoms with Crippen LogP contribution in [0.15, 0.2) is 54.6 Å². The zero-order valence-electron chi connectivity index (χ0n) is 21.3. The Bertz CT molecular complexity index is 1630. The Morgan fingerprint density at radius 2 is 1.63 bits per heavy atom. The molecule has 0 radical (unpaired) electrons. The van der Waals surface area contributed by atoms with Crippen LogP contribution in [0.4, 0.5) is 27.6 Å². The second-order valence-electron chi connectivity index (χ2n) is 9.96. The standard InChI is InChI=1S/C29H23ClF5N3O3/c30-18-9-6-16(7-10-18)26-36-23-13-20(31)21(32)14-24(23)38(26)25(15-4-2-1-3-5-15)27(39)37-22-11-8-17(28(40)41)12-19(22)29(33,34)35/h6-15,25H,1-5H2,(H,37,39)(H,40,41). The maximum atomic E-state index is 14.5. The lowest BCUT2D eigenvalue weighted by Gasteiger charge is -2.32. The van der Waals surface area contributed by atoms with Crippen molar-refractivity contribution >= 4 is 40.2 Å². The summed E-state index contributed by atoms with van der Waals surface area (Å²) >= 11 is 6.05. The molecule has 0 bridgehead atoms. The smallest absolute Gasteiger partial charge is 0.418 e. The van der Waals surface area contributed by atoms with Crippen LogP contribution in [0.3, 0.4) is 0 Å². The van der Waals surface area contributed by atoms with E-state index >= 15 is 0 Å². The lowest BCUT2D eigenvalue weighted by atomic mass is 9.83. The quantitative estimate of drug-likeness (QED) is 0.222. The number of aromatic nitrogens is 2. The van der Waals surface area contributed by atoms with Gasteiger partial charge in [0, 0.05) is 22.7 Å². The van der Waals surface area contributed by atoms with E-state index in [0.29, 0.717) is 29.5 Å². The van der Waals surface area contributed by atoms with Gasteiger partial charge in [-0.2, -0.15) is 13.2 Å². The van der Waals surface area contributed by atoms with Gasteiger partial charge < -0.3 is 15.0 Å². The molecule has 3 aromatic carbocycles. The third kappa shape index (κ3) is 5.76. The summed E-state index contributed by atoms with van der Waals surface area (Å²) in [6, 6.07) is 9.38. The number of hydrogen-bond acceptors (Lipinski definition) is 3. The Hall–Kier alpha value is -3.99. The molecule has 0 aliphatic heterocycles. The molecule has 41 heavy (non-hydrogen) atoms. The summed E-state index contributed by atoms with van der Waals surface area (Å²) in [4.78, 5) is 29.8. The van der Waals surface area contributed by atoms with E-state index in [1.807, 2.05) is 0 Å². The van der Waals surface area contributed by atoms with Gasteiger partial charge in [0.2, 0.25) is 5.91 Å². The maximum absolute atomic E-state index is 14.5. The molecule has 0 spiro atoms. The first-order valence-electron chi connectivity index (χ1n) is 12.8. The van der Waals surface area contributed by atoms with Crippen LogP contribution >= 0.6 is 11.6 Å². The minimum Gasteiger partial charge on any atom is -0.478 e. The van der Waals surface area contributed by atoms with E-state index in [0.717, 1.165) is 43.5 Å². The van der Waals surface area contributed by atoms with Crippen LogP contribution in [0, 0.1) is 17.6 Å². The summed E-state index contributed by atoms with van der Waals surface area (Å²) in [5, 5.41) is 12.0. The van der Waals surface area contributed by atoms with Crippen LogP contribution in [-0.4, -0.2) is 26.5 Å². The van der Waals surface area contributed by atoms with E-state index in [1.54, 1.807) is 24.3 Å². The Labute approximate surface area is 235 Å². The number of imidazole rings is 1. The predicted octanol–water partition coefficient (Wildman–Crippen LogP) is 8.11. The Morgan fingerprint density at radius 1 is 0.976 bits per heavy atom. The number of anilines is 1. The predicted molar refractivity (Wildman–Crippen MR) is 143 cm³/mol. The number of amides is 1. The van der Waals surface area contributed by atoms with Crippen LogP contribution in [0.1, 0.15) is 54.1 Å². The van der Waals surface area contributed by atoms with Gasteiger partial charge in [-0.25, -0.2) is 18.6 Å². The lowest BCUT2D eigenvalue weighted by molar-refractivity contribution is -0.137. The highest BCUT2D eigenvalue weighted by Crippen LogP contribution is 2.41. The van der Waals surface area contributed by atoms with Gasteiger partial charge in [-0.05, 0) is 61.2 Å². The molecule has 1 atom stereocenters. The van der Waals surface area contributed by atoms with Gasteiger partial charge in [-0.1, -0.05) is 30.9 Å². The fourth-order valence-corrected chi connectivity index (χ4v) is 5.52. The minimum atomic E-state index is -4.97. The number of alkyl halides is 3. The van der Waals surface area contributed by atoms with Gasteiger partial charge in [0.25, 0.3) is 0 Å². The van der Waals surface area contributed by atoms with Crippen molar-refractivity contribution in [2.75, 3.05) is 5.32 Å². The molecule has 0 saturated heterocycles. The number of carbonyl (C=O) groups excluding carboxylic acids is 1. The summed E-state index contributed by atoms with van der Waals surface area (Å²) < 4.78 is 72.0. The molecule has 1 aliphatic rings. The molecule has 1 unspecified atom stereocenters. The number of nitrogens with one attached hydrogen (secondary N) is 1. The van der Waals surface area contributed by atoms with Crippen LogP contribution in [0.5, 0.6) is 0 Å². The van der Waals surface area contributed by atoms with E-state index in [9.17, 15) is 36.6 Å². The average Bonchev–Trinajstić information content (AvgIpc) is 3.27. The number of carbonyl (C=O) groups is 2. The van der Waals surface area contributed by atoms with E-state index in [-0.39, 0.29) is 22.8 Å². The van der Waals surface area contributed by atoms with Crippen molar-refractivity contribution in [3.8, 4) is 11.4 Å². The van der Waals surface area contributed by atoms with Crippen molar-refractivity contribution in [3.05, 3.63) is 82.4 Å². The zero-order chi connectivity index (χ0) is 29.5. The number of carboxylic acid groups (broad SMARTS) is 1. The first kappa shape index (κ1) is 28.5. The van der Waals surface area contributed by atoms with Gasteiger partial charge in [0.05, 0.1) is 27.8 Å². The fraction of sp³-hybridized carbons (Fsp3) is 0.276. The summed E-state index contributed by atoms with van der Waals surface area (Å²) in [7, 11) is 0. The highest BCUT2D eigenvalue weighted by molar-refractivity contribution is 6.30. The molecule has 1 aromatic heterocycles. The molecule has 6 nitrogen and oxygen atoms in total. The number of rotatable bonds is 6. The SMILES string of the molecule is O=C(O)c1ccc(NC(=O)C(C2CCCCC2)n2c(-c3ccc(Cl)cc3)nc3cc(F)c(F)cc32)c(C(F)(F)F)c1. The van der Waals surface area contributed by atoms with Crippen molar-refractivity contribution in [2.24, 2.45) is 5.92 Å². The Balaban J connectivity index is 1.69. The van der Waals surface area contributed by atoms with Crippen LogP contribution < -0.4 is 5.32 Å². The van der Waals surface area contributed by atoms with Crippen molar-refractivity contribution in [1.29, 1.82) is 0 Å². The summed E-state index contributed by atoms with van der Waals surface area (Å²) in [5.41, 5.74) is -1.91. The number of fused-ring (bicyclic) bond motifs is 1. The van der Waals surface area contributed by atoms with Gasteiger partial charge >= 0.3 is 12.1 Å².